The van der Waals surface area contributed by atoms with Crippen LogP contribution in [-0.2, 0) is 11.0 Å². The molecule has 0 amide bonds. The average Bonchev–Trinajstić information content (AvgIpc) is 2.24. The van der Waals surface area contributed by atoms with Crippen LogP contribution in [0, 0.1) is 0 Å². The number of aryl methyl sites for hydroxylation is 1. The third-order valence-corrected chi connectivity index (χ3v) is 3.30. The molecule has 0 unspecified atom stereocenters. The van der Waals surface area contributed by atoms with Crippen LogP contribution in [0.5, 0.6) is 5.75 Å². The fraction of sp³-hybridized carbons (Fsp3) is 0.500. The minimum Gasteiger partial charge on any atom is -0.422 e. The lowest BCUT2D eigenvalue weighted by Gasteiger charge is -2.11. The summed E-state index contributed by atoms with van der Waals surface area (Å²) >= 11 is 10.8. The molecule has 0 aliphatic carbocycles. The van der Waals surface area contributed by atoms with Crippen LogP contribution in [0.2, 0.25) is 0 Å². The molecule has 0 aliphatic rings. The van der Waals surface area contributed by atoms with E-state index in [4.69, 9.17) is 27.0 Å². The standard InChI is InChI=1S/C12H17Cl2O2P/c1-2-3-4-5-8-11-9-6-7-10-12(11)16-17(13,14)15/h6-7,9-10H,2-5,8H2,1H3. The van der Waals surface area contributed by atoms with Gasteiger partial charge in [-0.3, -0.25) is 0 Å². The van der Waals surface area contributed by atoms with Gasteiger partial charge in [0.1, 0.15) is 5.75 Å². The zero-order valence-electron chi connectivity index (χ0n) is 9.86. The monoisotopic (exact) mass is 294 g/mol. The van der Waals surface area contributed by atoms with Crippen molar-refractivity contribution in [3.63, 3.8) is 0 Å². The van der Waals surface area contributed by atoms with Gasteiger partial charge in [-0.1, -0.05) is 44.4 Å². The van der Waals surface area contributed by atoms with Crippen molar-refractivity contribution >= 4 is 28.6 Å². The second kappa shape index (κ2) is 7.31. The van der Waals surface area contributed by atoms with E-state index in [-0.39, 0.29) is 0 Å². The van der Waals surface area contributed by atoms with Crippen molar-refractivity contribution in [2.45, 2.75) is 39.0 Å². The molecule has 96 valence electrons. The van der Waals surface area contributed by atoms with Crippen molar-refractivity contribution in [1.82, 2.24) is 0 Å². The topological polar surface area (TPSA) is 26.3 Å². The molecule has 2 nitrogen and oxygen atoms in total. The lowest BCUT2D eigenvalue weighted by molar-refractivity contribution is 0.508. The Labute approximate surface area is 112 Å². The molecule has 0 heterocycles. The van der Waals surface area contributed by atoms with Crippen LogP contribution < -0.4 is 4.52 Å². The van der Waals surface area contributed by atoms with Gasteiger partial charge in [0.15, 0.2) is 0 Å². The molecule has 0 spiro atoms. The van der Waals surface area contributed by atoms with E-state index >= 15 is 0 Å². The Morgan fingerprint density at radius 1 is 1.18 bits per heavy atom. The summed E-state index contributed by atoms with van der Waals surface area (Å²) in [6.45, 7) is 2.17. The van der Waals surface area contributed by atoms with Crippen molar-refractivity contribution < 1.29 is 9.09 Å². The van der Waals surface area contributed by atoms with Gasteiger partial charge in [-0.25, -0.2) is 4.57 Å². The Bertz CT molecular complexity index is 390. The first kappa shape index (κ1) is 14.9. The summed E-state index contributed by atoms with van der Waals surface area (Å²) < 4.78 is 16.3. The van der Waals surface area contributed by atoms with Crippen molar-refractivity contribution in [2.24, 2.45) is 0 Å². The quantitative estimate of drug-likeness (QED) is 0.471. The Hall–Kier alpha value is -0.170. The van der Waals surface area contributed by atoms with E-state index < -0.39 is 6.07 Å². The molecule has 5 heteroatoms. The number of rotatable bonds is 7. The van der Waals surface area contributed by atoms with Gasteiger partial charge in [-0.05, 0) is 24.5 Å². The molecule has 1 aromatic carbocycles. The van der Waals surface area contributed by atoms with Crippen LogP contribution in [0.3, 0.4) is 0 Å². The molecule has 0 radical (unpaired) electrons. The van der Waals surface area contributed by atoms with Gasteiger partial charge in [-0.15, -0.1) is 0 Å². The molecule has 0 aromatic heterocycles. The van der Waals surface area contributed by atoms with Gasteiger partial charge in [0.2, 0.25) is 0 Å². The number of unbranched alkanes of at least 4 members (excludes halogenated alkanes) is 3. The van der Waals surface area contributed by atoms with Gasteiger partial charge >= 0.3 is 6.07 Å². The molecule has 0 saturated heterocycles. The highest BCUT2D eigenvalue weighted by Crippen LogP contribution is 2.57. The molecule has 0 atom stereocenters. The predicted octanol–water partition coefficient (Wildman–Crippen LogP) is 5.77. The Morgan fingerprint density at radius 2 is 1.88 bits per heavy atom. The summed E-state index contributed by atoms with van der Waals surface area (Å²) in [5.41, 5.74) is 1.00. The maximum Gasteiger partial charge on any atom is 0.428 e. The summed E-state index contributed by atoms with van der Waals surface area (Å²) in [4.78, 5) is 0. The third-order valence-electron chi connectivity index (χ3n) is 2.48. The summed E-state index contributed by atoms with van der Waals surface area (Å²) in [6, 6.07) is 7.43. The summed E-state index contributed by atoms with van der Waals surface area (Å²) in [7, 11) is 0. The number of hydrogen-bond donors (Lipinski definition) is 0. The minimum atomic E-state index is -3.51. The van der Waals surface area contributed by atoms with Crippen LogP contribution in [0.4, 0.5) is 0 Å². The van der Waals surface area contributed by atoms with Gasteiger partial charge in [0.25, 0.3) is 0 Å². The second-order valence-corrected chi connectivity index (χ2v) is 8.13. The molecule has 0 N–H and O–H groups in total. The van der Waals surface area contributed by atoms with Gasteiger partial charge in [0.05, 0.1) is 0 Å². The molecule has 0 saturated carbocycles. The van der Waals surface area contributed by atoms with E-state index in [0.29, 0.717) is 5.75 Å². The second-order valence-electron chi connectivity index (χ2n) is 3.92. The summed E-state index contributed by atoms with van der Waals surface area (Å²) in [5, 5.41) is 0. The molecule has 1 aromatic rings. The Morgan fingerprint density at radius 3 is 2.53 bits per heavy atom. The van der Waals surface area contributed by atoms with Crippen LogP contribution in [0.15, 0.2) is 24.3 Å². The fourth-order valence-corrected chi connectivity index (χ4v) is 2.51. The lowest BCUT2D eigenvalue weighted by atomic mass is 10.1. The number of halogens is 2. The molecular formula is C12H17Cl2O2P. The largest absolute Gasteiger partial charge is 0.428 e. The van der Waals surface area contributed by atoms with E-state index in [1.807, 2.05) is 18.2 Å². The van der Waals surface area contributed by atoms with Crippen molar-refractivity contribution in [2.75, 3.05) is 0 Å². The maximum atomic E-state index is 11.2. The normalized spacial score (nSPS) is 11.5. The van der Waals surface area contributed by atoms with E-state index in [1.165, 1.54) is 19.3 Å². The van der Waals surface area contributed by atoms with Crippen molar-refractivity contribution in [1.29, 1.82) is 0 Å². The number of benzene rings is 1. The molecule has 0 bridgehead atoms. The van der Waals surface area contributed by atoms with Crippen molar-refractivity contribution in [3.05, 3.63) is 29.8 Å². The predicted molar refractivity (Wildman–Crippen MR) is 74.2 cm³/mol. The van der Waals surface area contributed by atoms with E-state index in [2.05, 4.69) is 6.92 Å². The highest BCUT2D eigenvalue weighted by atomic mass is 35.9. The van der Waals surface area contributed by atoms with Gasteiger partial charge in [0, 0.05) is 22.5 Å². The number of hydrogen-bond acceptors (Lipinski definition) is 2. The number of para-hydroxylation sites is 1. The lowest BCUT2D eigenvalue weighted by Crippen LogP contribution is -1.91. The van der Waals surface area contributed by atoms with E-state index in [0.717, 1.165) is 18.4 Å². The first-order chi connectivity index (χ1) is 8.03. The average molecular weight is 295 g/mol. The maximum absolute atomic E-state index is 11.2. The Kier molecular flexibility index (Phi) is 6.40. The zero-order valence-corrected chi connectivity index (χ0v) is 12.3. The zero-order chi connectivity index (χ0) is 12.7. The SMILES string of the molecule is CCCCCCc1ccccc1OP(=O)(Cl)Cl. The van der Waals surface area contributed by atoms with Crippen LogP contribution in [-0.4, -0.2) is 0 Å². The molecular weight excluding hydrogens is 278 g/mol. The molecule has 17 heavy (non-hydrogen) atoms. The van der Waals surface area contributed by atoms with E-state index in [9.17, 15) is 4.57 Å². The fourth-order valence-electron chi connectivity index (χ4n) is 1.66. The third kappa shape index (κ3) is 6.35. The van der Waals surface area contributed by atoms with Crippen LogP contribution in [0.1, 0.15) is 38.2 Å². The van der Waals surface area contributed by atoms with Crippen LogP contribution >= 0.6 is 28.6 Å². The summed E-state index contributed by atoms with van der Waals surface area (Å²) in [6.07, 6.45) is 2.08. The van der Waals surface area contributed by atoms with Gasteiger partial charge in [-0.2, -0.15) is 0 Å². The smallest absolute Gasteiger partial charge is 0.422 e. The highest BCUT2D eigenvalue weighted by molar-refractivity contribution is 8.05. The van der Waals surface area contributed by atoms with Gasteiger partial charge < -0.3 is 4.52 Å². The first-order valence-electron chi connectivity index (χ1n) is 5.80. The highest BCUT2D eigenvalue weighted by Gasteiger charge is 2.17. The first-order valence-corrected chi connectivity index (χ1v) is 9.23. The minimum absolute atomic E-state index is 0.525. The van der Waals surface area contributed by atoms with E-state index in [1.54, 1.807) is 6.07 Å². The Balaban J connectivity index is 2.61. The molecule has 1 rings (SSSR count). The molecule has 0 aliphatic heterocycles. The van der Waals surface area contributed by atoms with Crippen molar-refractivity contribution in [3.8, 4) is 5.75 Å². The van der Waals surface area contributed by atoms with Crippen LogP contribution in [0.25, 0.3) is 0 Å². The summed E-state index contributed by atoms with van der Waals surface area (Å²) in [5.74, 6) is 0.525. The molecule has 0 fully saturated rings.